The highest BCUT2D eigenvalue weighted by molar-refractivity contribution is 5.97. The number of nitrogens with zero attached hydrogens (tertiary/aromatic N) is 1. The third kappa shape index (κ3) is 8.64. The molecule has 1 rings (SSSR count). The summed E-state index contributed by atoms with van der Waals surface area (Å²) in [6, 6.07) is 12.1. The summed E-state index contributed by atoms with van der Waals surface area (Å²) in [6.45, 7) is 4.44. The van der Waals surface area contributed by atoms with Gasteiger partial charge < -0.3 is 15.4 Å². The van der Waals surface area contributed by atoms with Gasteiger partial charge in [-0.2, -0.15) is 5.26 Å². The van der Waals surface area contributed by atoms with Crippen molar-refractivity contribution in [3.05, 3.63) is 47.7 Å². The SMILES string of the molecule is CCOCCCNC(=O)/C(C#N)=C\NCCCc1ccccc1. The number of hydrogen-bond donors (Lipinski definition) is 2. The van der Waals surface area contributed by atoms with Crippen molar-refractivity contribution in [3.8, 4) is 6.07 Å². The second-order valence-electron chi connectivity index (χ2n) is 5.02. The second-order valence-corrected chi connectivity index (χ2v) is 5.02. The van der Waals surface area contributed by atoms with Gasteiger partial charge in [-0.1, -0.05) is 30.3 Å². The maximum atomic E-state index is 11.8. The van der Waals surface area contributed by atoms with Crippen LogP contribution in [0.2, 0.25) is 0 Å². The number of benzene rings is 1. The van der Waals surface area contributed by atoms with Crippen LogP contribution < -0.4 is 10.6 Å². The van der Waals surface area contributed by atoms with E-state index in [2.05, 4.69) is 22.8 Å². The van der Waals surface area contributed by atoms with E-state index in [0.29, 0.717) is 19.8 Å². The van der Waals surface area contributed by atoms with Crippen LogP contribution in [0.3, 0.4) is 0 Å². The van der Waals surface area contributed by atoms with Gasteiger partial charge in [0.05, 0.1) is 0 Å². The van der Waals surface area contributed by atoms with E-state index in [1.54, 1.807) is 0 Å². The number of hydrogen-bond acceptors (Lipinski definition) is 4. The highest BCUT2D eigenvalue weighted by Gasteiger charge is 2.07. The predicted octanol–water partition coefficient (Wildman–Crippen LogP) is 2.16. The van der Waals surface area contributed by atoms with Gasteiger partial charge >= 0.3 is 0 Å². The zero-order chi connectivity index (χ0) is 16.8. The van der Waals surface area contributed by atoms with Gasteiger partial charge in [-0.3, -0.25) is 4.79 Å². The zero-order valence-electron chi connectivity index (χ0n) is 13.7. The molecular weight excluding hydrogens is 290 g/mol. The zero-order valence-corrected chi connectivity index (χ0v) is 13.7. The first-order valence-electron chi connectivity index (χ1n) is 8.01. The van der Waals surface area contributed by atoms with Crippen molar-refractivity contribution < 1.29 is 9.53 Å². The van der Waals surface area contributed by atoms with Gasteiger partial charge in [-0.05, 0) is 31.7 Å². The van der Waals surface area contributed by atoms with E-state index in [4.69, 9.17) is 10.00 Å². The lowest BCUT2D eigenvalue weighted by Gasteiger charge is -2.05. The molecule has 0 aliphatic heterocycles. The Balaban J connectivity index is 2.21. The lowest BCUT2D eigenvalue weighted by Crippen LogP contribution is -2.27. The summed E-state index contributed by atoms with van der Waals surface area (Å²) in [4.78, 5) is 11.8. The van der Waals surface area contributed by atoms with Crippen LogP contribution in [0.15, 0.2) is 42.1 Å². The minimum atomic E-state index is -0.348. The Morgan fingerprint density at radius 2 is 2.04 bits per heavy atom. The molecule has 0 aromatic heterocycles. The minimum absolute atomic E-state index is 0.0983. The molecule has 1 aromatic rings. The largest absolute Gasteiger partial charge is 0.390 e. The van der Waals surface area contributed by atoms with E-state index in [0.717, 1.165) is 25.8 Å². The first-order chi connectivity index (χ1) is 11.3. The lowest BCUT2D eigenvalue weighted by atomic mass is 10.1. The molecular formula is C18H25N3O2. The highest BCUT2D eigenvalue weighted by atomic mass is 16.5. The van der Waals surface area contributed by atoms with Crippen molar-refractivity contribution in [2.24, 2.45) is 0 Å². The van der Waals surface area contributed by atoms with E-state index < -0.39 is 0 Å². The molecule has 1 amide bonds. The summed E-state index contributed by atoms with van der Waals surface area (Å²) in [6.07, 6.45) is 4.13. The first kappa shape index (κ1) is 18.7. The van der Waals surface area contributed by atoms with Gasteiger partial charge in [0, 0.05) is 32.5 Å². The quantitative estimate of drug-likeness (QED) is 0.373. The molecule has 124 valence electrons. The smallest absolute Gasteiger partial charge is 0.263 e. The van der Waals surface area contributed by atoms with Crippen molar-refractivity contribution in [1.29, 1.82) is 5.26 Å². The molecule has 0 bridgehead atoms. The highest BCUT2D eigenvalue weighted by Crippen LogP contribution is 2.01. The number of nitriles is 1. The topological polar surface area (TPSA) is 74.1 Å². The van der Waals surface area contributed by atoms with E-state index in [1.807, 2.05) is 31.2 Å². The van der Waals surface area contributed by atoms with Gasteiger partial charge in [0.1, 0.15) is 11.6 Å². The van der Waals surface area contributed by atoms with Crippen LogP contribution in [0.1, 0.15) is 25.3 Å². The molecule has 1 aromatic carbocycles. The molecule has 0 aliphatic rings. The van der Waals surface area contributed by atoms with Crippen molar-refractivity contribution in [2.75, 3.05) is 26.3 Å². The Morgan fingerprint density at radius 1 is 1.26 bits per heavy atom. The average molecular weight is 315 g/mol. The Bertz CT molecular complexity index is 521. The van der Waals surface area contributed by atoms with Crippen LogP contribution in [0.25, 0.3) is 0 Å². The van der Waals surface area contributed by atoms with Gasteiger partial charge in [0.2, 0.25) is 0 Å². The number of amides is 1. The van der Waals surface area contributed by atoms with Gasteiger partial charge in [-0.25, -0.2) is 0 Å². The van der Waals surface area contributed by atoms with Crippen LogP contribution in [0, 0.1) is 11.3 Å². The minimum Gasteiger partial charge on any atom is -0.390 e. The Kier molecular flexibility index (Phi) is 9.97. The summed E-state index contributed by atoms with van der Waals surface area (Å²) in [5.41, 5.74) is 1.38. The molecule has 0 radical (unpaired) electrons. The molecule has 23 heavy (non-hydrogen) atoms. The van der Waals surface area contributed by atoms with E-state index in [-0.39, 0.29) is 11.5 Å². The molecule has 2 N–H and O–H groups in total. The lowest BCUT2D eigenvalue weighted by molar-refractivity contribution is -0.117. The molecule has 0 heterocycles. The molecule has 0 saturated carbocycles. The summed E-state index contributed by atoms with van der Waals surface area (Å²) in [5, 5.41) is 14.8. The van der Waals surface area contributed by atoms with Gasteiger partial charge in [-0.15, -0.1) is 0 Å². The van der Waals surface area contributed by atoms with Crippen molar-refractivity contribution in [2.45, 2.75) is 26.2 Å². The third-order valence-corrected chi connectivity index (χ3v) is 3.20. The summed E-state index contributed by atoms with van der Waals surface area (Å²) in [7, 11) is 0. The predicted molar refractivity (Wildman–Crippen MR) is 90.6 cm³/mol. The summed E-state index contributed by atoms with van der Waals surface area (Å²) < 4.78 is 5.19. The van der Waals surface area contributed by atoms with Crippen molar-refractivity contribution in [1.82, 2.24) is 10.6 Å². The summed E-state index contributed by atoms with van der Waals surface area (Å²) in [5.74, 6) is -0.348. The van der Waals surface area contributed by atoms with Crippen LogP contribution in [-0.2, 0) is 16.0 Å². The number of ether oxygens (including phenoxy) is 1. The standard InChI is InChI=1S/C18H25N3O2/c1-2-23-13-7-12-21-18(22)17(14-19)15-20-11-6-10-16-8-4-3-5-9-16/h3-5,8-9,15,20H,2,6-7,10-13H2,1H3,(H,21,22)/b17-15-. The Labute approximate surface area is 138 Å². The van der Waals surface area contributed by atoms with Crippen LogP contribution >= 0.6 is 0 Å². The average Bonchev–Trinajstić information content (AvgIpc) is 2.58. The van der Waals surface area contributed by atoms with Crippen molar-refractivity contribution in [3.63, 3.8) is 0 Å². The maximum absolute atomic E-state index is 11.8. The first-order valence-corrected chi connectivity index (χ1v) is 8.01. The molecule has 5 nitrogen and oxygen atoms in total. The second kappa shape index (κ2) is 12.2. The van der Waals surface area contributed by atoms with E-state index >= 15 is 0 Å². The van der Waals surface area contributed by atoms with Crippen molar-refractivity contribution >= 4 is 5.91 Å². The molecule has 0 aliphatic carbocycles. The molecule has 0 atom stereocenters. The fourth-order valence-electron chi connectivity index (χ4n) is 1.98. The van der Waals surface area contributed by atoms with E-state index in [1.165, 1.54) is 11.8 Å². The molecule has 0 unspecified atom stereocenters. The van der Waals surface area contributed by atoms with Gasteiger partial charge in [0.15, 0.2) is 0 Å². The summed E-state index contributed by atoms with van der Waals surface area (Å²) >= 11 is 0. The third-order valence-electron chi connectivity index (χ3n) is 3.20. The number of carbonyl (C=O) groups is 1. The van der Waals surface area contributed by atoms with Crippen LogP contribution in [0.4, 0.5) is 0 Å². The molecule has 0 spiro atoms. The van der Waals surface area contributed by atoms with E-state index in [9.17, 15) is 4.79 Å². The number of nitrogens with one attached hydrogen (secondary N) is 2. The normalized spacial score (nSPS) is 10.9. The molecule has 0 fully saturated rings. The molecule has 0 saturated heterocycles. The number of aryl methyl sites for hydroxylation is 1. The molecule has 5 heteroatoms. The van der Waals surface area contributed by atoms with Crippen LogP contribution in [0.5, 0.6) is 0 Å². The Morgan fingerprint density at radius 3 is 2.74 bits per heavy atom. The monoisotopic (exact) mass is 315 g/mol. The Hall–Kier alpha value is -2.32. The maximum Gasteiger partial charge on any atom is 0.263 e. The number of carbonyl (C=O) groups excluding carboxylic acids is 1. The fourth-order valence-corrected chi connectivity index (χ4v) is 1.98. The van der Waals surface area contributed by atoms with Crippen LogP contribution in [-0.4, -0.2) is 32.2 Å². The van der Waals surface area contributed by atoms with Gasteiger partial charge in [0.25, 0.3) is 5.91 Å². The number of rotatable bonds is 11. The fraction of sp³-hybridized carbons (Fsp3) is 0.444.